The molecule has 1 aromatic heterocycles. The van der Waals surface area contributed by atoms with Gasteiger partial charge in [-0.1, -0.05) is 79.4 Å². The standard InChI is InChI=1S/C14H14N2O.C8H8/c1-11(17)15-9-12-7-8-14(16-10-12)13-5-3-2-4-6-13;1-2-8-6-4-3-5-7-8/h2-8,10H,9H2,1H3,(H,15,17);2-7H,1H2. The molecule has 3 nitrogen and oxygen atoms in total. The van der Waals surface area contributed by atoms with Crippen LogP contribution in [-0.4, -0.2) is 10.9 Å². The molecular weight excluding hydrogens is 308 g/mol. The van der Waals surface area contributed by atoms with E-state index in [0.29, 0.717) is 6.54 Å². The van der Waals surface area contributed by atoms with Gasteiger partial charge in [0.15, 0.2) is 0 Å². The minimum atomic E-state index is -0.0304. The highest BCUT2D eigenvalue weighted by Gasteiger charge is 1.99. The summed E-state index contributed by atoms with van der Waals surface area (Å²) >= 11 is 0. The van der Waals surface area contributed by atoms with Crippen LogP contribution in [0.5, 0.6) is 0 Å². The maximum atomic E-state index is 10.8. The van der Waals surface area contributed by atoms with Gasteiger partial charge in [-0.2, -0.15) is 0 Å². The van der Waals surface area contributed by atoms with Crippen molar-refractivity contribution in [3.8, 4) is 11.3 Å². The van der Waals surface area contributed by atoms with Crippen molar-refractivity contribution in [2.45, 2.75) is 13.5 Å². The van der Waals surface area contributed by atoms with Gasteiger partial charge in [0.25, 0.3) is 0 Å². The minimum absolute atomic E-state index is 0.0304. The summed E-state index contributed by atoms with van der Waals surface area (Å²) in [6, 6.07) is 24.0. The normalized spacial score (nSPS) is 9.48. The molecule has 1 heterocycles. The summed E-state index contributed by atoms with van der Waals surface area (Å²) in [7, 11) is 0. The van der Waals surface area contributed by atoms with E-state index < -0.39 is 0 Å². The zero-order chi connectivity index (χ0) is 17.9. The summed E-state index contributed by atoms with van der Waals surface area (Å²) in [6.45, 7) is 5.66. The van der Waals surface area contributed by atoms with Gasteiger partial charge >= 0.3 is 0 Å². The molecule has 0 aliphatic heterocycles. The summed E-state index contributed by atoms with van der Waals surface area (Å²) in [6.07, 6.45) is 3.62. The molecule has 0 radical (unpaired) electrons. The molecule has 0 atom stereocenters. The van der Waals surface area contributed by atoms with Gasteiger partial charge in [0, 0.05) is 25.2 Å². The number of hydrogen-bond donors (Lipinski definition) is 1. The monoisotopic (exact) mass is 330 g/mol. The highest BCUT2D eigenvalue weighted by atomic mass is 16.1. The first-order valence-corrected chi connectivity index (χ1v) is 8.11. The predicted molar refractivity (Wildman–Crippen MR) is 104 cm³/mol. The van der Waals surface area contributed by atoms with Crippen LogP contribution >= 0.6 is 0 Å². The van der Waals surface area contributed by atoms with E-state index in [1.807, 2.05) is 78.9 Å². The number of carbonyl (C=O) groups is 1. The Hall–Kier alpha value is -3.20. The summed E-state index contributed by atoms with van der Waals surface area (Å²) in [5.41, 5.74) is 4.21. The minimum Gasteiger partial charge on any atom is -0.352 e. The van der Waals surface area contributed by atoms with E-state index in [9.17, 15) is 4.79 Å². The lowest BCUT2D eigenvalue weighted by Gasteiger charge is -2.04. The molecule has 25 heavy (non-hydrogen) atoms. The van der Waals surface area contributed by atoms with E-state index in [-0.39, 0.29) is 5.91 Å². The molecule has 0 bridgehead atoms. The van der Waals surface area contributed by atoms with E-state index in [4.69, 9.17) is 0 Å². The van der Waals surface area contributed by atoms with E-state index in [1.165, 1.54) is 12.5 Å². The average molecular weight is 330 g/mol. The van der Waals surface area contributed by atoms with E-state index in [0.717, 1.165) is 16.8 Å². The van der Waals surface area contributed by atoms with Gasteiger partial charge in [0.1, 0.15) is 0 Å². The van der Waals surface area contributed by atoms with Crippen molar-refractivity contribution in [2.75, 3.05) is 0 Å². The van der Waals surface area contributed by atoms with Crippen molar-refractivity contribution < 1.29 is 4.79 Å². The summed E-state index contributed by atoms with van der Waals surface area (Å²) < 4.78 is 0. The largest absolute Gasteiger partial charge is 0.352 e. The molecule has 3 heteroatoms. The van der Waals surface area contributed by atoms with Gasteiger partial charge < -0.3 is 5.32 Å². The number of benzene rings is 2. The first-order chi connectivity index (χ1) is 12.2. The van der Waals surface area contributed by atoms with Crippen molar-refractivity contribution in [1.29, 1.82) is 0 Å². The third-order valence-electron chi connectivity index (χ3n) is 3.47. The van der Waals surface area contributed by atoms with Crippen molar-refractivity contribution in [1.82, 2.24) is 10.3 Å². The molecule has 0 saturated carbocycles. The predicted octanol–water partition coefficient (Wildman–Crippen LogP) is 4.71. The SMILES string of the molecule is C=Cc1ccccc1.CC(=O)NCc1ccc(-c2ccccc2)nc1. The van der Waals surface area contributed by atoms with Crippen LogP contribution in [0.3, 0.4) is 0 Å². The average Bonchev–Trinajstić information content (AvgIpc) is 2.68. The Labute approximate surface area is 149 Å². The van der Waals surface area contributed by atoms with Crippen LogP contribution in [0.1, 0.15) is 18.1 Å². The molecule has 2 aromatic carbocycles. The first kappa shape index (κ1) is 18.1. The molecule has 0 spiro atoms. The van der Waals surface area contributed by atoms with Gasteiger partial charge in [-0.05, 0) is 17.2 Å². The lowest BCUT2D eigenvalue weighted by molar-refractivity contribution is -0.119. The number of hydrogen-bond acceptors (Lipinski definition) is 2. The lowest BCUT2D eigenvalue weighted by atomic mass is 10.1. The van der Waals surface area contributed by atoms with Gasteiger partial charge in [0.2, 0.25) is 5.91 Å². The molecule has 0 saturated heterocycles. The smallest absolute Gasteiger partial charge is 0.217 e. The number of nitrogens with zero attached hydrogens (tertiary/aromatic N) is 1. The molecule has 3 rings (SSSR count). The lowest BCUT2D eigenvalue weighted by Crippen LogP contribution is -2.18. The van der Waals surface area contributed by atoms with Gasteiger partial charge in [-0.25, -0.2) is 0 Å². The third kappa shape index (κ3) is 6.43. The molecule has 0 unspecified atom stereocenters. The fourth-order valence-electron chi connectivity index (χ4n) is 2.12. The van der Waals surface area contributed by atoms with Crippen molar-refractivity contribution in [3.63, 3.8) is 0 Å². The van der Waals surface area contributed by atoms with Crippen LogP contribution in [0.4, 0.5) is 0 Å². The molecule has 1 amide bonds. The zero-order valence-corrected chi connectivity index (χ0v) is 14.4. The third-order valence-corrected chi connectivity index (χ3v) is 3.47. The fourth-order valence-corrected chi connectivity index (χ4v) is 2.12. The molecule has 1 N–H and O–H groups in total. The summed E-state index contributed by atoms with van der Waals surface area (Å²) in [5.74, 6) is -0.0304. The van der Waals surface area contributed by atoms with Crippen LogP contribution in [-0.2, 0) is 11.3 Å². The van der Waals surface area contributed by atoms with Crippen LogP contribution < -0.4 is 5.32 Å². The van der Waals surface area contributed by atoms with E-state index in [1.54, 1.807) is 6.20 Å². The number of rotatable bonds is 4. The van der Waals surface area contributed by atoms with Crippen LogP contribution in [0.2, 0.25) is 0 Å². The topological polar surface area (TPSA) is 42.0 Å². The highest BCUT2D eigenvalue weighted by molar-refractivity contribution is 5.72. The van der Waals surface area contributed by atoms with Crippen molar-refractivity contribution >= 4 is 12.0 Å². The number of pyridine rings is 1. The quantitative estimate of drug-likeness (QED) is 0.752. The summed E-state index contributed by atoms with van der Waals surface area (Å²) in [5, 5.41) is 2.74. The Morgan fingerprint density at radius 1 is 1.00 bits per heavy atom. The van der Waals surface area contributed by atoms with Crippen molar-refractivity contribution in [2.24, 2.45) is 0 Å². The van der Waals surface area contributed by atoms with Gasteiger partial charge in [0.05, 0.1) is 5.69 Å². The number of amides is 1. The second kappa shape index (κ2) is 9.83. The Morgan fingerprint density at radius 2 is 1.64 bits per heavy atom. The van der Waals surface area contributed by atoms with Crippen LogP contribution in [0.25, 0.3) is 17.3 Å². The number of aromatic nitrogens is 1. The zero-order valence-electron chi connectivity index (χ0n) is 14.4. The maximum absolute atomic E-state index is 10.8. The molecular formula is C22H22N2O. The number of nitrogens with one attached hydrogen (secondary N) is 1. The van der Waals surface area contributed by atoms with Crippen LogP contribution in [0, 0.1) is 0 Å². The first-order valence-electron chi connectivity index (χ1n) is 8.11. The van der Waals surface area contributed by atoms with Crippen molar-refractivity contribution in [3.05, 3.63) is 96.7 Å². The Balaban J connectivity index is 0.000000236. The van der Waals surface area contributed by atoms with Crippen LogP contribution in [0.15, 0.2) is 85.6 Å². The number of carbonyl (C=O) groups excluding carboxylic acids is 1. The molecule has 0 aliphatic carbocycles. The maximum Gasteiger partial charge on any atom is 0.217 e. The highest BCUT2D eigenvalue weighted by Crippen LogP contribution is 2.15. The second-order valence-electron chi connectivity index (χ2n) is 5.44. The van der Waals surface area contributed by atoms with Gasteiger partial charge in [-0.3, -0.25) is 9.78 Å². The van der Waals surface area contributed by atoms with E-state index >= 15 is 0 Å². The Morgan fingerprint density at radius 3 is 2.12 bits per heavy atom. The fraction of sp³-hybridized carbons (Fsp3) is 0.0909. The Bertz CT molecular complexity index is 781. The molecule has 0 aliphatic rings. The van der Waals surface area contributed by atoms with E-state index in [2.05, 4.69) is 16.9 Å². The Kier molecular flexibility index (Phi) is 7.13. The molecule has 0 fully saturated rings. The molecule has 3 aromatic rings. The van der Waals surface area contributed by atoms with Gasteiger partial charge in [-0.15, -0.1) is 0 Å². The summed E-state index contributed by atoms with van der Waals surface area (Å²) in [4.78, 5) is 15.1. The second-order valence-corrected chi connectivity index (χ2v) is 5.44. The molecule has 126 valence electrons.